The quantitative estimate of drug-likeness (QED) is 0.719. The molecule has 2 fully saturated rings. The van der Waals surface area contributed by atoms with Crippen LogP contribution in [0.2, 0.25) is 0 Å². The van der Waals surface area contributed by atoms with Gasteiger partial charge in [0.15, 0.2) is 0 Å². The number of likely N-dealkylation sites (tertiary alicyclic amines) is 1. The number of carbonyl (C=O) groups excluding carboxylic acids is 1. The van der Waals surface area contributed by atoms with Crippen molar-refractivity contribution in [3.05, 3.63) is 0 Å². The lowest BCUT2D eigenvalue weighted by molar-refractivity contribution is -0.126. The molecule has 2 aliphatic heterocycles. The predicted octanol–water partition coefficient (Wildman–Crippen LogP) is 0.108. The van der Waals surface area contributed by atoms with Crippen molar-refractivity contribution in [3.63, 3.8) is 0 Å². The summed E-state index contributed by atoms with van der Waals surface area (Å²) in [5, 5.41) is 3.09. The average Bonchev–Trinajstić information content (AvgIpc) is 2.63. The fourth-order valence-corrected chi connectivity index (χ4v) is 2.39. The Morgan fingerprint density at radius 2 is 2.13 bits per heavy atom. The van der Waals surface area contributed by atoms with E-state index in [-0.39, 0.29) is 5.91 Å². The molecule has 4 heteroatoms. The first kappa shape index (κ1) is 10.9. The molecule has 0 aromatic rings. The molecule has 2 rings (SSSR count). The highest BCUT2D eigenvalue weighted by Gasteiger charge is 2.22. The molecule has 2 aliphatic rings. The molecule has 0 unspecified atom stereocenters. The second-order valence-electron chi connectivity index (χ2n) is 4.78. The van der Waals surface area contributed by atoms with Crippen LogP contribution in [-0.2, 0) is 4.79 Å². The third-order valence-electron chi connectivity index (χ3n) is 3.58. The molecule has 15 heavy (non-hydrogen) atoms. The summed E-state index contributed by atoms with van der Waals surface area (Å²) in [5.41, 5.74) is 0. The van der Waals surface area contributed by atoms with Crippen molar-refractivity contribution in [3.8, 4) is 0 Å². The molecule has 0 bridgehead atoms. The van der Waals surface area contributed by atoms with Crippen molar-refractivity contribution >= 4 is 5.91 Å². The van der Waals surface area contributed by atoms with Crippen molar-refractivity contribution in [2.24, 2.45) is 5.92 Å². The lowest BCUT2D eigenvalue weighted by atomic mass is 9.94. The van der Waals surface area contributed by atoms with E-state index in [2.05, 4.69) is 17.3 Å². The molecule has 0 radical (unpaired) electrons. The van der Waals surface area contributed by atoms with Crippen molar-refractivity contribution in [1.82, 2.24) is 15.1 Å². The number of hydrogen-bond donors (Lipinski definition) is 1. The fraction of sp³-hybridized carbons (Fsp3) is 0.909. The third kappa shape index (κ3) is 2.92. The van der Waals surface area contributed by atoms with E-state index >= 15 is 0 Å². The summed E-state index contributed by atoms with van der Waals surface area (Å²) in [6.07, 6.45) is 3.78. The average molecular weight is 211 g/mol. The Balaban J connectivity index is 1.67. The Morgan fingerprint density at radius 3 is 2.73 bits per heavy atom. The first-order valence-electron chi connectivity index (χ1n) is 5.93. The van der Waals surface area contributed by atoms with Gasteiger partial charge in [-0.1, -0.05) is 0 Å². The number of carbonyl (C=O) groups is 1. The molecule has 0 aromatic heterocycles. The second-order valence-corrected chi connectivity index (χ2v) is 4.78. The number of nitrogens with zero attached hydrogens (tertiary/aromatic N) is 2. The fourth-order valence-electron chi connectivity index (χ4n) is 2.39. The maximum atomic E-state index is 11.4. The molecular formula is C11H21N3O. The molecular weight excluding hydrogens is 190 g/mol. The smallest absolute Gasteiger partial charge is 0.237 e. The minimum atomic E-state index is 0.267. The van der Waals surface area contributed by atoms with Gasteiger partial charge < -0.3 is 9.80 Å². The van der Waals surface area contributed by atoms with Crippen LogP contribution < -0.4 is 5.32 Å². The van der Waals surface area contributed by atoms with Gasteiger partial charge in [0.2, 0.25) is 5.91 Å². The summed E-state index contributed by atoms with van der Waals surface area (Å²) in [7, 11) is 2.18. The van der Waals surface area contributed by atoms with Crippen LogP contribution >= 0.6 is 0 Å². The van der Waals surface area contributed by atoms with E-state index in [4.69, 9.17) is 0 Å². The first-order chi connectivity index (χ1) is 7.25. The van der Waals surface area contributed by atoms with Crippen LogP contribution in [0.4, 0.5) is 0 Å². The van der Waals surface area contributed by atoms with Crippen LogP contribution in [0.25, 0.3) is 0 Å². The van der Waals surface area contributed by atoms with Gasteiger partial charge in [-0.25, -0.2) is 0 Å². The van der Waals surface area contributed by atoms with Gasteiger partial charge in [-0.15, -0.1) is 0 Å². The Labute approximate surface area is 91.6 Å². The van der Waals surface area contributed by atoms with E-state index in [1.54, 1.807) is 0 Å². The lowest BCUT2D eigenvalue weighted by Crippen LogP contribution is -2.33. The topological polar surface area (TPSA) is 35.6 Å². The molecule has 0 saturated carbocycles. The maximum Gasteiger partial charge on any atom is 0.237 e. The SMILES string of the molecule is CN1CCC(CCN2CNCC2=O)CC1. The molecule has 2 saturated heterocycles. The Bertz CT molecular complexity index is 224. The number of piperidine rings is 1. The van der Waals surface area contributed by atoms with Gasteiger partial charge in [0.05, 0.1) is 13.2 Å². The Morgan fingerprint density at radius 1 is 1.40 bits per heavy atom. The highest BCUT2D eigenvalue weighted by molar-refractivity contribution is 5.79. The second kappa shape index (κ2) is 4.94. The van der Waals surface area contributed by atoms with Crippen molar-refractivity contribution in [1.29, 1.82) is 0 Å². The van der Waals surface area contributed by atoms with Crippen LogP contribution in [0, 0.1) is 5.92 Å². The molecule has 86 valence electrons. The van der Waals surface area contributed by atoms with E-state index in [9.17, 15) is 4.79 Å². The van der Waals surface area contributed by atoms with Crippen molar-refractivity contribution in [2.75, 3.05) is 39.9 Å². The zero-order valence-electron chi connectivity index (χ0n) is 9.54. The van der Waals surface area contributed by atoms with E-state index in [1.807, 2.05) is 4.90 Å². The van der Waals surface area contributed by atoms with E-state index in [1.165, 1.54) is 32.4 Å². The van der Waals surface area contributed by atoms with Crippen LogP contribution in [0.1, 0.15) is 19.3 Å². The summed E-state index contributed by atoms with van der Waals surface area (Å²) < 4.78 is 0. The normalized spacial score (nSPS) is 25.1. The zero-order chi connectivity index (χ0) is 10.7. The molecule has 0 atom stereocenters. The number of amides is 1. The van der Waals surface area contributed by atoms with Gasteiger partial charge in [0, 0.05) is 6.54 Å². The summed E-state index contributed by atoms with van der Waals surface area (Å²) in [5.74, 6) is 1.09. The molecule has 1 N–H and O–H groups in total. The Hall–Kier alpha value is -0.610. The number of hydrogen-bond acceptors (Lipinski definition) is 3. The monoisotopic (exact) mass is 211 g/mol. The van der Waals surface area contributed by atoms with Crippen LogP contribution in [0.5, 0.6) is 0 Å². The highest BCUT2D eigenvalue weighted by Crippen LogP contribution is 2.19. The molecule has 0 aliphatic carbocycles. The molecule has 0 aromatic carbocycles. The van der Waals surface area contributed by atoms with Crippen molar-refractivity contribution < 1.29 is 4.79 Å². The van der Waals surface area contributed by atoms with Gasteiger partial charge in [-0.3, -0.25) is 10.1 Å². The van der Waals surface area contributed by atoms with Crippen LogP contribution in [0.15, 0.2) is 0 Å². The minimum Gasteiger partial charge on any atom is -0.329 e. The van der Waals surface area contributed by atoms with E-state index in [0.29, 0.717) is 6.54 Å². The van der Waals surface area contributed by atoms with Gasteiger partial charge in [-0.05, 0) is 45.3 Å². The van der Waals surface area contributed by atoms with Crippen LogP contribution in [-0.4, -0.2) is 55.6 Å². The molecule has 1 amide bonds. The highest BCUT2D eigenvalue weighted by atomic mass is 16.2. The number of rotatable bonds is 3. The van der Waals surface area contributed by atoms with E-state index < -0.39 is 0 Å². The molecule has 2 heterocycles. The molecule has 4 nitrogen and oxygen atoms in total. The minimum absolute atomic E-state index is 0.267. The summed E-state index contributed by atoms with van der Waals surface area (Å²) >= 11 is 0. The van der Waals surface area contributed by atoms with Gasteiger partial charge in [0.1, 0.15) is 0 Å². The maximum absolute atomic E-state index is 11.4. The van der Waals surface area contributed by atoms with Gasteiger partial charge >= 0.3 is 0 Å². The Kier molecular flexibility index (Phi) is 3.59. The van der Waals surface area contributed by atoms with Gasteiger partial charge in [-0.2, -0.15) is 0 Å². The van der Waals surface area contributed by atoms with Crippen LogP contribution in [0.3, 0.4) is 0 Å². The van der Waals surface area contributed by atoms with Crippen molar-refractivity contribution in [2.45, 2.75) is 19.3 Å². The molecule has 0 spiro atoms. The van der Waals surface area contributed by atoms with Gasteiger partial charge in [0.25, 0.3) is 0 Å². The number of nitrogens with one attached hydrogen (secondary N) is 1. The lowest BCUT2D eigenvalue weighted by Gasteiger charge is -2.29. The zero-order valence-corrected chi connectivity index (χ0v) is 9.54. The third-order valence-corrected chi connectivity index (χ3v) is 3.58. The first-order valence-corrected chi connectivity index (χ1v) is 5.93. The standard InChI is InChI=1S/C11H21N3O/c1-13-5-2-10(3-6-13)4-7-14-9-12-8-11(14)15/h10,12H,2-9H2,1H3. The summed E-state index contributed by atoms with van der Waals surface area (Å²) in [4.78, 5) is 15.7. The summed E-state index contributed by atoms with van der Waals surface area (Å²) in [6.45, 7) is 4.67. The predicted molar refractivity (Wildman–Crippen MR) is 59.4 cm³/mol. The summed E-state index contributed by atoms with van der Waals surface area (Å²) in [6, 6.07) is 0. The largest absolute Gasteiger partial charge is 0.329 e. The van der Waals surface area contributed by atoms with E-state index in [0.717, 1.165) is 19.1 Å².